The van der Waals surface area contributed by atoms with Gasteiger partial charge in [0.2, 0.25) is 0 Å². The number of hydrogen-bond donors (Lipinski definition) is 0. The molecule has 22 heavy (non-hydrogen) atoms. The maximum atomic E-state index is 4.94. The minimum absolute atomic E-state index is 0.387. The summed E-state index contributed by atoms with van der Waals surface area (Å²) in [4.78, 5) is 13.5. The first-order valence-electron chi connectivity index (χ1n) is 6.95. The Morgan fingerprint density at radius 3 is 2.82 bits per heavy atom. The molecule has 0 amide bonds. The Kier molecular flexibility index (Phi) is 4.08. The van der Waals surface area contributed by atoms with Crippen LogP contribution in [0.2, 0.25) is 0 Å². The number of methoxy groups -OCH3 is 1. The zero-order valence-corrected chi connectivity index (χ0v) is 12.5. The molecule has 0 aliphatic rings. The molecule has 0 spiro atoms. The van der Waals surface area contributed by atoms with Gasteiger partial charge in [0.1, 0.15) is 18.0 Å². The van der Waals surface area contributed by atoms with Gasteiger partial charge in [-0.2, -0.15) is 0 Å². The zero-order chi connectivity index (χ0) is 15.4. The second-order valence-corrected chi connectivity index (χ2v) is 4.85. The quantitative estimate of drug-likeness (QED) is 0.680. The van der Waals surface area contributed by atoms with Crippen LogP contribution in [0, 0.1) is 18.8 Å². The molecule has 0 saturated heterocycles. The highest BCUT2D eigenvalue weighted by atomic mass is 16.5. The Labute approximate surface area is 129 Å². The van der Waals surface area contributed by atoms with Gasteiger partial charge in [-0.25, -0.2) is 15.0 Å². The van der Waals surface area contributed by atoms with Crippen LogP contribution in [0.15, 0.2) is 42.6 Å². The van der Waals surface area contributed by atoms with Crippen LogP contribution in [0.4, 0.5) is 0 Å². The van der Waals surface area contributed by atoms with Crippen molar-refractivity contribution < 1.29 is 4.74 Å². The molecule has 0 atom stereocenters. The number of aromatic nitrogens is 3. The summed E-state index contributed by atoms with van der Waals surface area (Å²) >= 11 is 0. The van der Waals surface area contributed by atoms with Crippen molar-refractivity contribution in [3.63, 3.8) is 0 Å². The van der Waals surface area contributed by atoms with Crippen LogP contribution in [0.3, 0.4) is 0 Å². The Bertz CT molecular complexity index is 878. The number of para-hydroxylation sites is 1. The first-order chi connectivity index (χ1) is 10.8. The second-order valence-electron chi connectivity index (χ2n) is 4.85. The third-order valence-electron chi connectivity index (χ3n) is 3.24. The van der Waals surface area contributed by atoms with Gasteiger partial charge < -0.3 is 4.74 Å². The molecular formula is C18H15N3O. The van der Waals surface area contributed by atoms with Crippen LogP contribution in [-0.4, -0.2) is 28.7 Å². The molecule has 108 valence electrons. The zero-order valence-electron chi connectivity index (χ0n) is 12.5. The lowest BCUT2D eigenvalue weighted by Crippen LogP contribution is -1.96. The van der Waals surface area contributed by atoms with Gasteiger partial charge in [0.05, 0.1) is 5.52 Å². The molecule has 0 saturated carbocycles. The predicted octanol–water partition coefficient (Wildman–Crippen LogP) is 3.00. The standard InChI is InChI=1S/C18H15N3O/c1-13-9-10-17(20-15(13)8-5-11-22-2)18-19-12-14-6-3-4-7-16(14)21-18/h3-4,6-7,9-10,12H,11H2,1-2H3. The van der Waals surface area contributed by atoms with E-state index in [0.717, 1.165) is 27.9 Å². The van der Waals surface area contributed by atoms with Gasteiger partial charge in [-0.05, 0) is 30.5 Å². The fourth-order valence-electron chi connectivity index (χ4n) is 2.07. The van der Waals surface area contributed by atoms with E-state index in [9.17, 15) is 0 Å². The van der Waals surface area contributed by atoms with Gasteiger partial charge in [-0.15, -0.1) is 0 Å². The number of pyridine rings is 1. The molecule has 3 rings (SSSR count). The summed E-state index contributed by atoms with van der Waals surface area (Å²) < 4.78 is 4.94. The van der Waals surface area contributed by atoms with Crippen molar-refractivity contribution in [2.75, 3.05) is 13.7 Å². The molecule has 0 N–H and O–H groups in total. The first kappa shape index (κ1) is 14.2. The maximum Gasteiger partial charge on any atom is 0.178 e. The van der Waals surface area contributed by atoms with E-state index >= 15 is 0 Å². The smallest absolute Gasteiger partial charge is 0.178 e. The predicted molar refractivity (Wildman–Crippen MR) is 86.3 cm³/mol. The van der Waals surface area contributed by atoms with E-state index in [1.54, 1.807) is 7.11 Å². The Hall–Kier alpha value is -2.77. The largest absolute Gasteiger partial charge is 0.372 e. The number of aryl methyl sites for hydroxylation is 1. The van der Waals surface area contributed by atoms with Crippen LogP contribution in [0.1, 0.15) is 11.3 Å². The van der Waals surface area contributed by atoms with Crippen LogP contribution in [-0.2, 0) is 4.74 Å². The Balaban J connectivity index is 2.03. The number of ether oxygens (including phenoxy) is 1. The summed E-state index contributed by atoms with van der Waals surface area (Å²) in [7, 11) is 1.62. The second kappa shape index (κ2) is 6.33. The molecule has 4 nitrogen and oxygen atoms in total. The molecule has 4 heteroatoms. The van der Waals surface area contributed by atoms with E-state index in [4.69, 9.17) is 4.74 Å². The average Bonchev–Trinajstić information content (AvgIpc) is 2.56. The molecule has 1 aromatic carbocycles. The lowest BCUT2D eigenvalue weighted by molar-refractivity contribution is 0.240. The molecule has 2 aromatic heterocycles. The van der Waals surface area contributed by atoms with Crippen molar-refractivity contribution in [1.29, 1.82) is 0 Å². The van der Waals surface area contributed by atoms with Crippen molar-refractivity contribution in [1.82, 2.24) is 15.0 Å². The number of hydrogen-bond acceptors (Lipinski definition) is 4. The summed E-state index contributed by atoms with van der Waals surface area (Å²) in [6.07, 6.45) is 1.81. The van der Waals surface area contributed by atoms with E-state index in [1.807, 2.05) is 49.5 Å². The summed E-state index contributed by atoms with van der Waals surface area (Å²) in [5.74, 6) is 6.55. The van der Waals surface area contributed by atoms with Gasteiger partial charge in [-0.1, -0.05) is 30.2 Å². The normalized spacial score (nSPS) is 10.3. The first-order valence-corrected chi connectivity index (χ1v) is 6.95. The highest BCUT2D eigenvalue weighted by molar-refractivity contribution is 5.79. The highest BCUT2D eigenvalue weighted by Gasteiger charge is 2.06. The molecule has 2 heterocycles. The van der Waals surface area contributed by atoms with Gasteiger partial charge >= 0.3 is 0 Å². The van der Waals surface area contributed by atoms with Gasteiger partial charge in [0.15, 0.2) is 5.82 Å². The minimum atomic E-state index is 0.387. The molecule has 0 bridgehead atoms. The van der Waals surface area contributed by atoms with Crippen LogP contribution >= 0.6 is 0 Å². The molecule has 0 fully saturated rings. The summed E-state index contributed by atoms with van der Waals surface area (Å²) in [6, 6.07) is 11.8. The van der Waals surface area contributed by atoms with E-state index in [2.05, 4.69) is 26.8 Å². The molecule has 0 unspecified atom stereocenters. The average molecular weight is 289 g/mol. The molecule has 3 aromatic rings. The molecular weight excluding hydrogens is 274 g/mol. The molecule has 0 radical (unpaired) electrons. The van der Waals surface area contributed by atoms with Crippen molar-refractivity contribution in [2.45, 2.75) is 6.92 Å². The summed E-state index contributed by atoms with van der Waals surface area (Å²) in [5.41, 5.74) is 3.37. The highest BCUT2D eigenvalue weighted by Crippen LogP contribution is 2.18. The summed E-state index contributed by atoms with van der Waals surface area (Å²) in [5, 5.41) is 1.01. The van der Waals surface area contributed by atoms with Gasteiger partial charge in [0, 0.05) is 18.7 Å². The monoisotopic (exact) mass is 289 g/mol. The molecule has 0 aliphatic carbocycles. The van der Waals surface area contributed by atoms with Crippen molar-refractivity contribution in [3.05, 3.63) is 53.9 Å². The molecule has 0 aliphatic heterocycles. The number of fused-ring (bicyclic) bond motifs is 1. The fourth-order valence-corrected chi connectivity index (χ4v) is 2.07. The Morgan fingerprint density at radius 2 is 1.95 bits per heavy atom. The minimum Gasteiger partial charge on any atom is -0.372 e. The van der Waals surface area contributed by atoms with Crippen molar-refractivity contribution in [2.24, 2.45) is 0 Å². The SMILES string of the molecule is COCC#Cc1nc(-c2ncc3ccccc3n2)ccc1C. The topological polar surface area (TPSA) is 47.9 Å². The van der Waals surface area contributed by atoms with Crippen LogP contribution in [0.5, 0.6) is 0 Å². The van der Waals surface area contributed by atoms with Crippen molar-refractivity contribution >= 4 is 10.9 Å². The van der Waals surface area contributed by atoms with Gasteiger partial charge in [0.25, 0.3) is 0 Å². The number of benzene rings is 1. The van der Waals surface area contributed by atoms with E-state index in [0.29, 0.717) is 12.4 Å². The lowest BCUT2D eigenvalue weighted by Gasteiger charge is -2.04. The van der Waals surface area contributed by atoms with Crippen molar-refractivity contribution in [3.8, 4) is 23.4 Å². The Morgan fingerprint density at radius 1 is 1.09 bits per heavy atom. The fraction of sp³-hybridized carbons (Fsp3) is 0.167. The van der Waals surface area contributed by atoms with E-state index in [-0.39, 0.29) is 0 Å². The number of nitrogens with zero attached hydrogens (tertiary/aromatic N) is 3. The maximum absolute atomic E-state index is 4.94. The van der Waals surface area contributed by atoms with Gasteiger partial charge in [-0.3, -0.25) is 0 Å². The third kappa shape index (κ3) is 2.95. The van der Waals surface area contributed by atoms with Crippen LogP contribution in [0.25, 0.3) is 22.4 Å². The lowest BCUT2D eigenvalue weighted by atomic mass is 10.2. The van der Waals surface area contributed by atoms with E-state index < -0.39 is 0 Å². The van der Waals surface area contributed by atoms with Crippen LogP contribution < -0.4 is 0 Å². The third-order valence-corrected chi connectivity index (χ3v) is 3.24. The summed E-state index contributed by atoms with van der Waals surface area (Å²) in [6.45, 7) is 2.37. The van der Waals surface area contributed by atoms with E-state index in [1.165, 1.54) is 0 Å². The number of rotatable bonds is 2.